The van der Waals surface area contributed by atoms with Gasteiger partial charge < -0.3 is 15.0 Å². The van der Waals surface area contributed by atoms with Gasteiger partial charge in [-0.1, -0.05) is 31.6 Å². The molecule has 0 aromatic carbocycles. The summed E-state index contributed by atoms with van der Waals surface area (Å²) in [7, 11) is 2.17. The smallest absolute Gasteiger partial charge is 0.294 e. The maximum absolute atomic E-state index is 5.78. The van der Waals surface area contributed by atoms with Crippen LogP contribution in [0.3, 0.4) is 0 Å². The Kier molecular flexibility index (Phi) is 5.54. The molecule has 1 fully saturated rings. The lowest BCUT2D eigenvalue weighted by Gasteiger charge is -2.31. The average Bonchev–Trinajstić information content (AvgIpc) is 2.83. The Morgan fingerprint density at radius 1 is 1.42 bits per heavy atom. The summed E-state index contributed by atoms with van der Waals surface area (Å²) < 4.78 is 5.78. The van der Waals surface area contributed by atoms with Gasteiger partial charge in [0.2, 0.25) is 0 Å². The van der Waals surface area contributed by atoms with Gasteiger partial charge in [0.15, 0.2) is 0 Å². The number of likely N-dealkylation sites (tertiary alicyclic amines) is 1. The van der Waals surface area contributed by atoms with Crippen molar-refractivity contribution in [3.63, 3.8) is 0 Å². The fourth-order valence-corrected chi connectivity index (χ4v) is 2.83. The molecule has 0 aliphatic carbocycles. The number of nitrogens with zero attached hydrogens (tertiary/aromatic N) is 3. The molecule has 0 spiro atoms. The minimum atomic E-state index is 0.462. The predicted molar refractivity (Wildman–Crippen MR) is 77.6 cm³/mol. The molecule has 1 atom stereocenters. The molecule has 1 saturated heterocycles. The lowest BCUT2D eigenvalue weighted by Crippen LogP contribution is -2.40. The van der Waals surface area contributed by atoms with Crippen LogP contribution in [0.1, 0.15) is 38.1 Å². The van der Waals surface area contributed by atoms with Crippen LogP contribution in [0, 0.1) is 0 Å². The molecular weight excluding hydrogens is 260 g/mol. The van der Waals surface area contributed by atoms with Gasteiger partial charge in [0.1, 0.15) is 11.6 Å². The molecule has 19 heavy (non-hydrogen) atoms. The Bertz CT molecular complexity index is 382. The van der Waals surface area contributed by atoms with Crippen molar-refractivity contribution in [2.45, 2.75) is 51.7 Å². The molecule has 1 aliphatic heterocycles. The van der Waals surface area contributed by atoms with E-state index in [2.05, 4.69) is 41.3 Å². The van der Waals surface area contributed by atoms with Gasteiger partial charge in [0, 0.05) is 12.1 Å². The van der Waals surface area contributed by atoms with Gasteiger partial charge in [0.05, 0.1) is 6.54 Å². The molecule has 0 radical (unpaired) electrons. The van der Waals surface area contributed by atoms with Crippen molar-refractivity contribution in [3.8, 4) is 5.19 Å². The number of ether oxygens (including phenoxy) is 1. The zero-order chi connectivity index (χ0) is 13.7. The van der Waals surface area contributed by atoms with E-state index in [0.29, 0.717) is 17.3 Å². The SMILES string of the molecule is CC(C)NCc1nnc(OCC2CCCCN2C)s1. The standard InChI is InChI=1S/C13H24N4OS/c1-10(2)14-8-12-15-16-13(19-12)18-9-11-6-4-5-7-17(11)3/h10-11,14H,4-9H2,1-3H3. The Morgan fingerprint density at radius 2 is 2.26 bits per heavy atom. The third-order valence-electron chi connectivity index (χ3n) is 3.43. The number of nitrogens with one attached hydrogen (secondary N) is 1. The molecule has 1 aromatic heterocycles. The first kappa shape index (κ1) is 14.7. The minimum Gasteiger partial charge on any atom is -0.467 e. The predicted octanol–water partition coefficient (Wildman–Crippen LogP) is 1.90. The van der Waals surface area contributed by atoms with Crippen molar-refractivity contribution < 1.29 is 4.74 Å². The first-order valence-electron chi connectivity index (χ1n) is 7.04. The Balaban J connectivity index is 1.76. The van der Waals surface area contributed by atoms with Gasteiger partial charge in [-0.15, -0.1) is 10.2 Å². The highest BCUT2D eigenvalue weighted by molar-refractivity contribution is 7.13. The van der Waals surface area contributed by atoms with E-state index in [1.54, 1.807) is 0 Å². The summed E-state index contributed by atoms with van der Waals surface area (Å²) in [5.41, 5.74) is 0. The van der Waals surface area contributed by atoms with Gasteiger partial charge in [-0.05, 0) is 26.4 Å². The van der Waals surface area contributed by atoms with Crippen LogP contribution in [0.5, 0.6) is 5.19 Å². The van der Waals surface area contributed by atoms with Crippen LogP contribution in [-0.4, -0.2) is 47.4 Å². The number of likely N-dealkylation sites (N-methyl/N-ethyl adjacent to an activating group) is 1. The quantitative estimate of drug-likeness (QED) is 0.864. The van der Waals surface area contributed by atoms with E-state index in [1.807, 2.05) is 0 Å². The second-order valence-corrected chi connectivity index (χ2v) is 6.46. The second-order valence-electron chi connectivity index (χ2n) is 5.44. The lowest BCUT2D eigenvalue weighted by atomic mass is 10.0. The zero-order valence-electron chi connectivity index (χ0n) is 12.1. The van der Waals surface area contributed by atoms with Crippen LogP contribution in [-0.2, 0) is 6.54 Å². The van der Waals surface area contributed by atoms with Gasteiger partial charge in [-0.3, -0.25) is 0 Å². The summed E-state index contributed by atoms with van der Waals surface area (Å²) in [6, 6.07) is 0.985. The molecule has 1 aromatic rings. The van der Waals surface area contributed by atoms with Crippen LogP contribution in [0.2, 0.25) is 0 Å². The van der Waals surface area contributed by atoms with Crippen LogP contribution in [0.25, 0.3) is 0 Å². The molecule has 1 unspecified atom stereocenters. The van der Waals surface area contributed by atoms with Crippen molar-refractivity contribution >= 4 is 11.3 Å². The van der Waals surface area contributed by atoms with Crippen LogP contribution in [0.15, 0.2) is 0 Å². The van der Waals surface area contributed by atoms with E-state index in [0.717, 1.165) is 18.2 Å². The Labute approximate surface area is 119 Å². The van der Waals surface area contributed by atoms with Gasteiger partial charge in [-0.2, -0.15) is 0 Å². The summed E-state index contributed by atoms with van der Waals surface area (Å²) in [6.45, 7) is 6.91. The van der Waals surface area contributed by atoms with E-state index in [4.69, 9.17) is 4.74 Å². The third-order valence-corrected chi connectivity index (χ3v) is 4.27. The van der Waals surface area contributed by atoms with Crippen molar-refractivity contribution in [1.29, 1.82) is 0 Å². The minimum absolute atomic E-state index is 0.462. The number of aromatic nitrogens is 2. The summed E-state index contributed by atoms with van der Waals surface area (Å²) in [5.74, 6) is 0. The number of hydrogen-bond donors (Lipinski definition) is 1. The first-order chi connectivity index (χ1) is 9.15. The summed E-state index contributed by atoms with van der Waals surface area (Å²) in [5, 5.41) is 13.2. The molecule has 108 valence electrons. The van der Waals surface area contributed by atoms with Gasteiger partial charge >= 0.3 is 0 Å². The third kappa shape index (κ3) is 4.71. The highest BCUT2D eigenvalue weighted by atomic mass is 32.1. The molecule has 0 saturated carbocycles. The maximum Gasteiger partial charge on any atom is 0.294 e. The van der Waals surface area contributed by atoms with Crippen molar-refractivity contribution in [2.75, 3.05) is 20.2 Å². The average molecular weight is 284 g/mol. The van der Waals surface area contributed by atoms with E-state index in [-0.39, 0.29) is 0 Å². The van der Waals surface area contributed by atoms with Crippen molar-refractivity contribution in [2.24, 2.45) is 0 Å². The fraction of sp³-hybridized carbons (Fsp3) is 0.846. The van der Waals surface area contributed by atoms with E-state index >= 15 is 0 Å². The molecule has 6 heteroatoms. The molecule has 1 N–H and O–H groups in total. The summed E-state index contributed by atoms with van der Waals surface area (Å²) in [6.07, 6.45) is 3.83. The highest BCUT2D eigenvalue weighted by Gasteiger charge is 2.20. The van der Waals surface area contributed by atoms with Gasteiger partial charge in [-0.25, -0.2) is 0 Å². The molecule has 2 rings (SSSR count). The monoisotopic (exact) mass is 284 g/mol. The Morgan fingerprint density at radius 3 is 3.00 bits per heavy atom. The fourth-order valence-electron chi connectivity index (χ4n) is 2.18. The van der Waals surface area contributed by atoms with Crippen LogP contribution in [0.4, 0.5) is 0 Å². The van der Waals surface area contributed by atoms with Crippen LogP contribution < -0.4 is 10.1 Å². The second kappa shape index (κ2) is 7.17. The maximum atomic E-state index is 5.78. The van der Waals surface area contributed by atoms with Crippen LogP contribution >= 0.6 is 11.3 Å². The number of piperidine rings is 1. The van der Waals surface area contributed by atoms with E-state index in [9.17, 15) is 0 Å². The summed E-state index contributed by atoms with van der Waals surface area (Å²) in [4.78, 5) is 2.38. The zero-order valence-corrected chi connectivity index (χ0v) is 12.9. The molecule has 1 aliphatic rings. The Hall–Kier alpha value is -0.720. The van der Waals surface area contributed by atoms with Gasteiger partial charge in [0.25, 0.3) is 5.19 Å². The normalized spacial score (nSPS) is 20.9. The highest BCUT2D eigenvalue weighted by Crippen LogP contribution is 2.20. The van der Waals surface area contributed by atoms with E-state index in [1.165, 1.54) is 37.1 Å². The molecule has 0 bridgehead atoms. The largest absolute Gasteiger partial charge is 0.467 e. The lowest BCUT2D eigenvalue weighted by molar-refractivity contribution is 0.124. The molecule has 0 amide bonds. The summed E-state index contributed by atoms with van der Waals surface area (Å²) >= 11 is 1.54. The number of rotatable bonds is 6. The number of hydrogen-bond acceptors (Lipinski definition) is 6. The molecular formula is C13H24N4OS. The topological polar surface area (TPSA) is 50.3 Å². The molecule has 5 nitrogen and oxygen atoms in total. The molecule has 2 heterocycles. The van der Waals surface area contributed by atoms with E-state index < -0.39 is 0 Å². The van der Waals surface area contributed by atoms with Crippen molar-refractivity contribution in [1.82, 2.24) is 20.4 Å². The van der Waals surface area contributed by atoms with Crippen molar-refractivity contribution in [3.05, 3.63) is 5.01 Å². The first-order valence-corrected chi connectivity index (χ1v) is 7.85.